The highest BCUT2D eigenvalue weighted by atomic mass is 16.5. The summed E-state index contributed by atoms with van der Waals surface area (Å²) in [7, 11) is 0. The van der Waals surface area contributed by atoms with Gasteiger partial charge in [-0.2, -0.15) is 0 Å². The van der Waals surface area contributed by atoms with Crippen LogP contribution in [0.4, 0.5) is 5.69 Å². The van der Waals surface area contributed by atoms with Crippen molar-refractivity contribution in [1.29, 1.82) is 0 Å². The second-order valence-electron chi connectivity index (χ2n) is 6.63. The average molecular weight is 416 g/mol. The van der Waals surface area contributed by atoms with Gasteiger partial charge in [-0.1, -0.05) is 19.8 Å². The van der Waals surface area contributed by atoms with Crippen LogP contribution < -0.4 is 24.3 Å². The number of ether oxygens (including phenoxy) is 4. The van der Waals surface area contributed by atoms with Crippen molar-refractivity contribution in [3.05, 3.63) is 42.0 Å². The number of amides is 1. The Morgan fingerprint density at radius 1 is 0.800 bits per heavy atom. The molecule has 0 unspecified atom stereocenters. The molecule has 0 radical (unpaired) electrons. The van der Waals surface area contributed by atoms with Gasteiger partial charge in [-0.15, -0.1) is 0 Å². The van der Waals surface area contributed by atoms with Crippen molar-refractivity contribution in [2.24, 2.45) is 0 Å². The third kappa shape index (κ3) is 6.87. The maximum Gasteiger partial charge on any atom is 0.255 e. The van der Waals surface area contributed by atoms with Gasteiger partial charge in [-0.3, -0.25) is 4.79 Å². The summed E-state index contributed by atoms with van der Waals surface area (Å²) in [6, 6.07) is 10.7. The van der Waals surface area contributed by atoms with Crippen LogP contribution in [-0.4, -0.2) is 32.3 Å². The zero-order chi connectivity index (χ0) is 21.8. The third-order valence-corrected chi connectivity index (χ3v) is 4.30. The molecular weight excluding hydrogens is 382 g/mol. The molecule has 0 saturated heterocycles. The van der Waals surface area contributed by atoms with Gasteiger partial charge in [0, 0.05) is 11.3 Å². The first-order chi connectivity index (χ1) is 14.6. The molecule has 0 fully saturated rings. The first-order valence-electron chi connectivity index (χ1n) is 10.7. The minimum Gasteiger partial charge on any atom is -0.494 e. The highest BCUT2D eigenvalue weighted by Gasteiger charge is 2.18. The fraction of sp³-hybridized carbons (Fsp3) is 0.458. The quantitative estimate of drug-likeness (QED) is 0.425. The Hall–Kier alpha value is -2.89. The average Bonchev–Trinajstić information content (AvgIpc) is 2.74. The summed E-state index contributed by atoms with van der Waals surface area (Å²) in [6.07, 6.45) is 3.36. The number of benzene rings is 2. The Balaban J connectivity index is 2.13. The number of carbonyl (C=O) groups is 1. The van der Waals surface area contributed by atoms with Gasteiger partial charge >= 0.3 is 0 Å². The molecule has 0 saturated carbocycles. The normalized spacial score (nSPS) is 10.4. The Labute approximate surface area is 179 Å². The van der Waals surface area contributed by atoms with E-state index in [0.717, 1.165) is 25.0 Å². The molecule has 0 heterocycles. The van der Waals surface area contributed by atoms with Crippen LogP contribution in [0.3, 0.4) is 0 Å². The van der Waals surface area contributed by atoms with E-state index in [9.17, 15) is 4.79 Å². The molecule has 0 spiro atoms. The highest BCUT2D eigenvalue weighted by molar-refractivity contribution is 6.05. The summed E-state index contributed by atoms with van der Waals surface area (Å²) in [5.74, 6) is 2.04. The molecule has 2 aromatic carbocycles. The monoisotopic (exact) mass is 415 g/mol. The van der Waals surface area contributed by atoms with Gasteiger partial charge < -0.3 is 24.3 Å². The van der Waals surface area contributed by atoms with Gasteiger partial charge in [0.15, 0.2) is 11.5 Å². The van der Waals surface area contributed by atoms with E-state index in [1.165, 1.54) is 0 Å². The summed E-state index contributed by atoms with van der Waals surface area (Å²) in [4.78, 5) is 12.8. The number of anilines is 1. The molecule has 0 aromatic heterocycles. The minimum atomic E-state index is -0.253. The van der Waals surface area contributed by atoms with Crippen LogP contribution >= 0.6 is 0 Å². The largest absolute Gasteiger partial charge is 0.494 e. The van der Waals surface area contributed by atoms with Crippen LogP contribution in [0.5, 0.6) is 23.0 Å². The Morgan fingerprint density at radius 2 is 1.40 bits per heavy atom. The molecule has 0 atom stereocenters. The Bertz CT molecular complexity index is 762. The maximum atomic E-state index is 12.8. The molecule has 30 heavy (non-hydrogen) atoms. The van der Waals surface area contributed by atoms with Crippen molar-refractivity contribution in [2.45, 2.75) is 47.0 Å². The number of nitrogens with one attached hydrogen (secondary N) is 1. The van der Waals surface area contributed by atoms with Crippen molar-refractivity contribution in [2.75, 3.05) is 31.7 Å². The standard InChI is InChI=1S/C24H33NO5/c1-5-9-10-15-30-20-13-11-19(12-14-20)25-24(26)18-16-21(27-6-2)23(29-8-4)22(17-18)28-7-3/h11-14,16-17H,5-10,15H2,1-4H3,(H,25,26). The molecule has 1 amide bonds. The third-order valence-electron chi connectivity index (χ3n) is 4.30. The van der Waals surface area contributed by atoms with E-state index in [4.69, 9.17) is 18.9 Å². The van der Waals surface area contributed by atoms with E-state index in [1.807, 2.05) is 45.0 Å². The predicted octanol–water partition coefficient (Wildman–Crippen LogP) is 5.70. The van der Waals surface area contributed by atoms with Crippen LogP contribution in [0, 0.1) is 0 Å². The number of hydrogen-bond acceptors (Lipinski definition) is 5. The van der Waals surface area contributed by atoms with E-state index in [1.54, 1.807) is 12.1 Å². The number of hydrogen-bond donors (Lipinski definition) is 1. The van der Waals surface area contributed by atoms with E-state index in [-0.39, 0.29) is 5.91 Å². The molecule has 6 heteroatoms. The van der Waals surface area contributed by atoms with Crippen molar-refractivity contribution in [3.8, 4) is 23.0 Å². The molecule has 0 aliphatic heterocycles. The zero-order valence-electron chi connectivity index (χ0n) is 18.5. The first kappa shape index (κ1) is 23.4. The fourth-order valence-corrected chi connectivity index (χ4v) is 2.90. The molecule has 0 bridgehead atoms. The number of carbonyl (C=O) groups excluding carboxylic acids is 1. The molecule has 164 valence electrons. The summed E-state index contributed by atoms with van der Waals surface area (Å²) >= 11 is 0. The van der Waals surface area contributed by atoms with Crippen molar-refractivity contribution in [1.82, 2.24) is 0 Å². The van der Waals surface area contributed by atoms with Crippen molar-refractivity contribution < 1.29 is 23.7 Å². The van der Waals surface area contributed by atoms with Crippen LogP contribution in [-0.2, 0) is 0 Å². The number of unbranched alkanes of at least 4 members (excludes halogenated alkanes) is 2. The van der Waals surface area contributed by atoms with Crippen LogP contribution in [0.2, 0.25) is 0 Å². The maximum absolute atomic E-state index is 12.8. The van der Waals surface area contributed by atoms with Crippen LogP contribution in [0.25, 0.3) is 0 Å². The molecule has 1 N–H and O–H groups in total. The van der Waals surface area contributed by atoms with Gasteiger partial charge in [0.25, 0.3) is 5.91 Å². The predicted molar refractivity (Wildman–Crippen MR) is 119 cm³/mol. The van der Waals surface area contributed by atoms with Gasteiger partial charge in [0.1, 0.15) is 5.75 Å². The van der Waals surface area contributed by atoms with E-state index in [0.29, 0.717) is 54.9 Å². The van der Waals surface area contributed by atoms with Crippen LogP contribution in [0.15, 0.2) is 36.4 Å². The molecule has 6 nitrogen and oxygen atoms in total. The first-order valence-corrected chi connectivity index (χ1v) is 10.7. The second kappa shape index (κ2) is 12.6. The number of rotatable bonds is 13. The lowest BCUT2D eigenvalue weighted by Crippen LogP contribution is -2.13. The second-order valence-corrected chi connectivity index (χ2v) is 6.63. The summed E-state index contributed by atoms with van der Waals surface area (Å²) in [5, 5.41) is 2.91. The topological polar surface area (TPSA) is 66.0 Å². The Kier molecular flexibility index (Phi) is 9.84. The molecule has 0 aliphatic rings. The van der Waals surface area contributed by atoms with E-state index >= 15 is 0 Å². The van der Waals surface area contributed by atoms with Gasteiger partial charge in [-0.25, -0.2) is 0 Å². The van der Waals surface area contributed by atoms with Crippen molar-refractivity contribution in [3.63, 3.8) is 0 Å². The smallest absolute Gasteiger partial charge is 0.255 e. The summed E-state index contributed by atoms with van der Waals surface area (Å²) in [6.45, 7) is 9.90. The summed E-state index contributed by atoms with van der Waals surface area (Å²) < 4.78 is 22.8. The SMILES string of the molecule is CCCCCOc1ccc(NC(=O)c2cc(OCC)c(OCC)c(OCC)c2)cc1. The Morgan fingerprint density at radius 3 is 1.93 bits per heavy atom. The lowest BCUT2D eigenvalue weighted by Gasteiger charge is -2.17. The van der Waals surface area contributed by atoms with Crippen LogP contribution in [0.1, 0.15) is 57.3 Å². The zero-order valence-corrected chi connectivity index (χ0v) is 18.5. The fourth-order valence-electron chi connectivity index (χ4n) is 2.90. The minimum absolute atomic E-state index is 0.253. The van der Waals surface area contributed by atoms with E-state index < -0.39 is 0 Å². The van der Waals surface area contributed by atoms with Gasteiger partial charge in [0.05, 0.1) is 26.4 Å². The van der Waals surface area contributed by atoms with E-state index in [2.05, 4.69) is 12.2 Å². The summed E-state index contributed by atoms with van der Waals surface area (Å²) in [5.41, 5.74) is 1.12. The lowest BCUT2D eigenvalue weighted by molar-refractivity contribution is 0.102. The lowest BCUT2D eigenvalue weighted by atomic mass is 10.1. The van der Waals surface area contributed by atoms with Gasteiger partial charge in [0.2, 0.25) is 5.75 Å². The molecular formula is C24H33NO5. The van der Waals surface area contributed by atoms with Crippen molar-refractivity contribution >= 4 is 11.6 Å². The molecule has 2 aromatic rings. The molecule has 0 aliphatic carbocycles. The van der Waals surface area contributed by atoms with Gasteiger partial charge in [-0.05, 0) is 63.6 Å². The molecule has 2 rings (SSSR count). The highest BCUT2D eigenvalue weighted by Crippen LogP contribution is 2.39.